The highest BCUT2D eigenvalue weighted by molar-refractivity contribution is 5.90. The Balaban J connectivity index is 1.51. The molecule has 1 N–H and O–H groups in total. The van der Waals surface area contributed by atoms with Crippen LogP contribution in [0.2, 0.25) is 0 Å². The van der Waals surface area contributed by atoms with Crippen LogP contribution in [0.15, 0.2) is 11.6 Å². The number of hydrogen-bond donors (Lipinski definition) is 1. The Morgan fingerprint density at radius 3 is 2.79 bits per heavy atom. The van der Waals surface area contributed by atoms with Gasteiger partial charge in [0.1, 0.15) is 0 Å². The van der Waals surface area contributed by atoms with Gasteiger partial charge >= 0.3 is 0 Å². The zero-order valence-corrected chi connectivity index (χ0v) is 15.2. The number of carbonyl (C=O) groups excluding carboxylic acids is 1. The molecule has 4 fully saturated rings. The van der Waals surface area contributed by atoms with Gasteiger partial charge in [-0.3, -0.25) is 4.79 Å². The van der Waals surface area contributed by atoms with Crippen molar-refractivity contribution < 1.29 is 14.6 Å². The molecule has 0 aromatic carbocycles. The molecule has 0 aromatic rings. The monoisotopic (exact) mass is 330 g/mol. The number of ketones is 1. The summed E-state index contributed by atoms with van der Waals surface area (Å²) in [6, 6.07) is 0. The van der Waals surface area contributed by atoms with Gasteiger partial charge in [-0.1, -0.05) is 25.5 Å². The number of carbonyl (C=O) groups is 1. The Morgan fingerprint density at radius 1 is 1.25 bits per heavy atom. The fraction of sp³-hybridized carbons (Fsp3) is 0.857. The van der Waals surface area contributed by atoms with Crippen LogP contribution >= 0.6 is 0 Å². The molecule has 3 saturated carbocycles. The molecule has 0 aromatic heterocycles. The van der Waals surface area contributed by atoms with Crippen molar-refractivity contribution in [1.82, 2.24) is 0 Å². The second-order valence-electron chi connectivity index (χ2n) is 9.75. The van der Waals surface area contributed by atoms with Crippen LogP contribution in [-0.4, -0.2) is 28.7 Å². The minimum absolute atomic E-state index is 0.0422. The van der Waals surface area contributed by atoms with Gasteiger partial charge in [0.25, 0.3) is 0 Å². The first-order valence-corrected chi connectivity index (χ1v) is 9.89. The van der Waals surface area contributed by atoms with E-state index in [9.17, 15) is 9.90 Å². The summed E-state index contributed by atoms with van der Waals surface area (Å²) in [7, 11) is 0. The summed E-state index contributed by atoms with van der Waals surface area (Å²) >= 11 is 0. The van der Waals surface area contributed by atoms with Gasteiger partial charge in [-0.2, -0.15) is 0 Å². The lowest BCUT2D eigenvalue weighted by Crippen LogP contribution is -2.54. The molecule has 1 heterocycles. The Labute approximate surface area is 144 Å². The van der Waals surface area contributed by atoms with E-state index in [1.165, 1.54) is 12.0 Å². The quantitative estimate of drug-likeness (QED) is 0.590. The van der Waals surface area contributed by atoms with Crippen molar-refractivity contribution in [2.45, 2.75) is 83.5 Å². The minimum atomic E-state index is -0.448. The first-order valence-electron chi connectivity index (χ1n) is 9.89. The molecule has 0 radical (unpaired) electrons. The van der Waals surface area contributed by atoms with Crippen molar-refractivity contribution in [3.8, 4) is 0 Å². The van der Waals surface area contributed by atoms with E-state index in [-0.39, 0.29) is 28.8 Å². The second-order valence-corrected chi connectivity index (χ2v) is 9.75. The smallest absolute Gasteiger partial charge is 0.164 e. The zero-order chi connectivity index (χ0) is 16.9. The summed E-state index contributed by atoms with van der Waals surface area (Å²) in [6.45, 7) is 6.54. The average Bonchev–Trinajstić information content (AvgIpc) is 3.21. The van der Waals surface area contributed by atoms with Gasteiger partial charge in [0.15, 0.2) is 11.4 Å². The highest BCUT2D eigenvalue weighted by atomic mass is 16.6. The summed E-state index contributed by atoms with van der Waals surface area (Å²) in [5.41, 5.74) is 1.39. The summed E-state index contributed by atoms with van der Waals surface area (Å²) < 4.78 is 6.00. The van der Waals surface area contributed by atoms with Gasteiger partial charge < -0.3 is 9.84 Å². The summed E-state index contributed by atoms with van der Waals surface area (Å²) in [4.78, 5) is 12.4. The van der Waals surface area contributed by atoms with Crippen LogP contribution in [0, 0.1) is 28.6 Å². The molecule has 24 heavy (non-hydrogen) atoms. The highest BCUT2D eigenvalue weighted by Gasteiger charge is 2.79. The van der Waals surface area contributed by atoms with E-state index in [4.69, 9.17) is 4.74 Å². The number of rotatable bonds is 1. The third-order valence-corrected chi connectivity index (χ3v) is 9.03. The van der Waals surface area contributed by atoms with Crippen LogP contribution in [0.25, 0.3) is 0 Å². The lowest BCUT2D eigenvalue weighted by Gasteiger charge is -2.58. The molecule has 1 aliphatic heterocycles. The highest BCUT2D eigenvalue weighted by Crippen LogP contribution is 2.73. The SMILES string of the molecule is CC(=O)[C@@]12O[C@@H]1CC1C3CC=C4C[C@@H](O)CC[C@]4(C)C3CC[C@@]12C. The van der Waals surface area contributed by atoms with Crippen molar-refractivity contribution in [3.05, 3.63) is 11.6 Å². The van der Waals surface area contributed by atoms with Gasteiger partial charge in [-0.25, -0.2) is 0 Å². The summed E-state index contributed by atoms with van der Waals surface area (Å²) in [6.07, 6.45) is 10.0. The van der Waals surface area contributed by atoms with E-state index in [0.29, 0.717) is 11.8 Å². The molecular weight excluding hydrogens is 300 g/mol. The Kier molecular flexibility index (Phi) is 2.94. The predicted molar refractivity (Wildman–Crippen MR) is 91.4 cm³/mol. The predicted octanol–water partition coefficient (Wildman–Crippen LogP) is 3.65. The third kappa shape index (κ3) is 1.60. The molecule has 0 spiro atoms. The molecule has 132 valence electrons. The number of Topliss-reactive ketones (excluding diaryl/α,β-unsaturated/α-hetero) is 1. The second kappa shape index (κ2) is 4.54. The molecule has 1 saturated heterocycles. The van der Waals surface area contributed by atoms with Crippen LogP contribution in [0.3, 0.4) is 0 Å². The van der Waals surface area contributed by atoms with Crippen LogP contribution < -0.4 is 0 Å². The van der Waals surface area contributed by atoms with E-state index in [1.807, 2.05) is 0 Å². The lowest BCUT2D eigenvalue weighted by atomic mass is 9.47. The van der Waals surface area contributed by atoms with Crippen molar-refractivity contribution in [2.75, 3.05) is 0 Å². The molecule has 3 heteroatoms. The maximum atomic E-state index is 12.4. The molecular formula is C21H30O3. The number of hydrogen-bond acceptors (Lipinski definition) is 3. The Hall–Kier alpha value is -0.670. The van der Waals surface area contributed by atoms with E-state index >= 15 is 0 Å². The number of epoxide rings is 1. The third-order valence-electron chi connectivity index (χ3n) is 9.03. The lowest BCUT2D eigenvalue weighted by molar-refractivity contribution is -0.135. The standard InChI is InChI=1S/C21H30O3/c1-12(22)21-18(24-21)11-17-15-5-4-13-10-14(23)6-8-19(13,2)16(15)7-9-20(17,21)3/h4,14-18,23H,5-11H2,1-3H3/t14-,15?,16?,17?,18+,19-,20-,21+/m0/s1. The van der Waals surface area contributed by atoms with E-state index < -0.39 is 5.60 Å². The van der Waals surface area contributed by atoms with Gasteiger partial charge in [-0.05, 0) is 75.0 Å². The largest absolute Gasteiger partial charge is 0.393 e. The maximum absolute atomic E-state index is 12.4. The Bertz CT molecular complexity index is 639. The van der Waals surface area contributed by atoms with Crippen LogP contribution in [-0.2, 0) is 9.53 Å². The van der Waals surface area contributed by atoms with Crippen molar-refractivity contribution >= 4 is 5.78 Å². The van der Waals surface area contributed by atoms with Gasteiger partial charge in [0.2, 0.25) is 0 Å². The first-order chi connectivity index (χ1) is 11.3. The normalized spacial score (nSPS) is 58.0. The molecule has 8 atom stereocenters. The number of fused-ring (bicyclic) bond motifs is 7. The van der Waals surface area contributed by atoms with Gasteiger partial charge in [-0.15, -0.1) is 0 Å². The van der Waals surface area contributed by atoms with Crippen molar-refractivity contribution in [3.63, 3.8) is 0 Å². The van der Waals surface area contributed by atoms with E-state index in [0.717, 1.165) is 44.4 Å². The minimum Gasteiger partial charge on any atom is -0.393 e. The molecule has 3 nitrogen and oxygen atoms in total. The number of allylic oxidation sites excluding steroid dienone is 1. The molecule has 3 unspecified atom stereocenters. The number of aliphatic hydroxyl groups is 1. The topological polar surface area (TPSA) is 49.8 Å². The summed E-state index contributed by atoms with van der Waals surface area (Å²) in [5.74, 6) is 2.31. The van der Waals surface area contributed by atoms with Crippen molar-refractivity contribution in [2.24, 2.45) is 28.6 Å². The fourth-order valence-corrected chi connectivity index (χ4v) is 7.71. The molecule has 4 aliphatic carbocycles. The molecule has 5 rings (SSSR count). The van der Waals surface area contributed by atoms with Gasteiger partial charge in [0.05, 0.1) is 12.2 Å². The Morgan fingerprint density at radius 2 is 2.04 bits per heavy atom. The molecule has 0 amide bonds. The van der Waals surface area contributed by atoms with Crippen LogP contribution in [0.1, 0.15) is 65.7 Å². The van der Waals surface area contributed by atoms with Crippen LogP contribution in [0.4, 0.5) is 0 Å². The van der Waals surface area contributed by atoms with E-state index in [1.54, 1.807) is 6.92 Å². The number of ether oxygens (including phenoxy) is 1. The molecule has 0 bridgehead atoms. The maximum Gasteiger partial charge on any atom is 0.164 e. The molecule has 5 aliphatic rings. The number of aliphatic hydroxyl groups excluding tert-OH is 1. The van der Waals surface area contributed by atoms with Crippen molar-refractivity contribution in [1.29, 1.82) is 0 Å². The summed E-state index contributed by atoms with van der Waals surface area (Å²) in [5, 5.41) is 10.1. The first kappa shape index (κ1) is 15.6. The van der Waals surface area contributed by atoms with E-state index in [2.05, 4.69) is 19.9 Å². The fourth-order valence-electron chi connectivity index (χ4n) is 7.71. The van der Waals surface area contributed by atoms with Gasteiger partial charge in [0, 0.05) is 5.41 Å². The average molecular weight is 330 g/mol. The zero-order valence-electron chi connectivity index (χ0n) is 15.2. The van der Waals surface area contributed by atoms with Crippen LogP contribution in [0.5, 0.6) is 0 Å².